The number of phenolic OH excluding ortho intramolecular Hbond substituents is 1. The van der Waals surface area contributed by atoms with Crippen molar-refractivity contribution in [2.75, 3.05) is 24.6 Å². The lowest BCUT2D eigenvalue weighted by Crippen LogP contribution is -2.36. The maximum absolute atomic E-state index is 11.2. The molecule has 0 bridgehead atoms. The average molecular weight is 326 g/mol. The van der Waals surface area contributed by atoms with Gasteiger partial charge >= 0.3 is 0 Å². The second kappa shape index (κ2) is 7.34. The number of hydrogen-bond acceptors (Lipinski definition) is 5. The van der Waals surface area contributed by atoms with Crippen LogP contribution >= 0.6 is 0 Å². The number of carbonyl (C=O) groups excluding carboxylic acids is 1. The van der Waals surface area contributed by atoms with Gasteiger partial charge in [0, 0.05) is 37.0 Å². The van der Waals surface area contributed by atoms with Gasteiger partial charge in [-0.3, -0.25) is 4.79 Å². The van der Waals surface area contributed by atoms with Crippen molar-refractivity contribution in [1.29, 1.82) is 0 Å². The number of carbonyl (C=O) groups is 1. The number of phenols is 1. The number of aldehydes is 1. The van der Waals surface area contributed by atoms with Gasteiger partial charge in [0.2, 0.25) is 5.88 Å². The second-order valence-electron chi connectivity index (χ2n) is 6.27. The van der Waals surface area contributed by atoms with Gasteiger partial charge in [-0.05, 0) is 49.4 Å². The molecule has 0 aliphatic carbocycles. The van der Waals surface area contributed by atoms with E-state index in [9.17, 15) is 9.90 Å². The molecule has 5 heteroatoms. The zero-order valence-electron chi connectivity index (χ0n) is 13.8. The van der Waals surface area contributed by atoms with E-state index in [1.165, 1.54) is 0 Å². The van der Waals surface area contributed by atoms with Crippen LogP contribution in [0.5, 0.6) is 11.6 Å². The van der Waals surface area contributed by atoms with E-state index in [0.29, 0.717) is 24.0 Å². The van der Waals surface area contributed by atoms with Crippen LogP contribution in [0.15, 0.2) is 36.5 Å². The molecule has 2 heterocycles. The summed E-state index contributed by atoms with van der Waals surface area (Å²) in [4.78, 5) is 17.6. The van der Waals surface area contributed by atoms with Crippen LogP contribution in [0.2, 0.25) is 0 Å². The maximum Gasteiger partial charge on any atom is 0.213 e. The predicted molar refractivity (Wildman–Crippen MR) is 92.9 cm³/mol. The number of aromatic nitrogens is 1. The van der Waals surface area contributed by atoms with Crippen molar-refractivity contribution in [3.63, 3.8) is 0 Å². The molecule has 5 nitrogen and oxygen atoms in total. The number of aryl methyl sites for hydroxylation is 1. The van der Waals surface area contributed by atoms with E-state index in [-0.39, 0.29) is 5.75 Å². The van der Waals surface area contributed by atoms with Crippen LogP contribution in [-0.4, -0.2) is 36.1 Å². The minimum Gasteiger partial charge on any atom is -0.508 e. The van der Waals surface area contributed by atoms with E-state index >= 15 is 0 Å². The van der Waals surface area contributed by atoms with Crippen molar-refractivity contribution in [3.8, 4) is 11.6 Å². The predicted octanol–water partition coefficient (Wildman–Crippen LogP) is 3.20. The van der Waals surface area contributed by atoms with Gasteiger partial charge in [0.25, 0.3) is 0 Å². The van der Waals surface area contributed by atoms with Gasteiger partial charge in [0.1, 0.15) is 5.75 Å². The second-order valence-corrected chi connectivity index (χ2v) is 6.27. The third-order valence-electron chi connectivity index (χ3n) is 4.45. The summed E-state index contributed by atoms with van der Waals surface area (Å²) in [6.07, 6.45) is 4.57. The Kier molecular flexibility index (Phi) is 4.99. The Hall–Kier alpha value is -2.56. The summed E-state index contributed by atoms with van der Waals surface area (Å²) in [5.74, 6) is 1.33. The molecule has 2 aromatic rings. The Morgan fingerprint density at radius 1 is 1.29 bits per heavy atom. The quantitative estimate of drug-likeness (QED) is 0.855. The Morgan fingerprint density at radius 2 is 2.08 bits per heavy atom. The van der Waals surface area contributed by atoms with E-state index < -0.39 is 0 Å². The van der Waals surface area contributed by atoms with Crippen LogP contribution in [0.1, 0.15) is 28.8 Å². The highest BCUT2D eigenvalue weighted by atomic mass is 16.5. The van der Waals surface area contributed by atoms with Crippen LogP contribution in [0.4, 0.5) is 5.69 Å². The van der Waals surface area contributed by atoms with Gasteiger partial charge in [0.05, 0.1) is 12.3 Å². The third kappa shape index (κ3) is 3.85. The molecule has 1 aliphatic heterocycles. The topological polar surface area (TPSA) is 62.7 Å². The minimum absolute atomic E-state index is 0.187. The summed E-state index contributed by atoms with van der Waals surface area (Å²) in [5.41, 5.74) is 2.57. The number of aromatic hydroxyl groups is 1. The fourth-order valence-corrected chi connectivity index (χ4v) is 3.04. The molecule has 24 heavy (non-hydrogen) atoms. The van der Waals surface area contributed by atoms with Crippen molar-refractivity contribution in [2.24, 2.45) is 5.92 Å². The lowest BCUT2D eigenvalue weighted by atomic mass is 9.96. The van der Waals surface area contributed by atoms with E-state index in [4.69, 9.17) is 4.74 Å². The van der Waals surface area contributed by atoms with Crippen molar-refractivity contribution < 1.29 is 14.6 Å². The summed E-state index contributed by atoms with van der Waals surface area (Å²) in [6, 6.07) is 8.76. The van der Waals surface area contributed by atoms with Crippen molar-refractivity contribution in [2.45, 2.75) is 19.8 Å². The average Bonchev–Trinajstić information content (AvgIpc) is 2.60. The number of piperidine rings is 1. The lowest BCUT2D eigenvalue weighted by Gasteiger charge is -2.34. The molecule has 1 aromatic heterocycles. The zero-order valence-corrected chi connectivity index (χ0v) is 13.8. The van der Waals surface area contributed by atoms with E-state index in [1.54, 1.807) is 24.4 Å². The number of rotatable bonds is 5. The first-order valence-electron chi connectivity index (χ1n) is 8.24. The molecule has 126 valence electrons. The smallest absolute Gasteiger partial charge is 0.213 e. The fraction of sp³-hybridized carbons (Fsp3) is 0.368. The van der Waals surface area contributed by atoms with Gasteiger partial charge in [-0.2, -0.15) is 0 Å². The van der Waals surface area contributed by atoms with Crippen LogP contribution in [0.3, 0.4) is 0 Å². The van der Waals surface area contributed by atoms with Crippen LogP contribution in [0.25, 0.3) is 0 Å². The van der Waals surface area contributed by atoms with Gasteiger partial charge in [-0.25, -0.2) is 4.98 Å². The fourth-order valence-electron chi connectivity index (χ4n) is 3.04. The first kappa shape index (κ1) is 16.3. The molecular formula is C19H22N2O3. The zero-order chi connectivity index (χ0) is 16.9. The van der Waals surface area contributed by atoms with Crippen LogP contribution in [0, 0.1) is 12.8 Å². The molecule has 3 rings (SSSR count). The van der Waals surface area contributed by atoms with Gasteiger partial charge in [-0.15, -0.1) is 0 Å². The Bertz CT molecular complexity index is 710. The van der Waals surface area contributed by atoms with Crippen molar-refractivity contribution in [3.05, 3.63) is 47.7 Å². The third-order valence-corrected chi connectivity index (χ3v) is 4.45. The molecule has 0 atom stereocenters. The summed E-state index contributed by atoms with van der Waals surface area (Å²) in [6.45, 7) is 4.37. The molecule has 0 spiro atoms. The number of ether oxygens (including phenoxy) is 1. The van der Waals surface area contributed by atoms with Gasteiger partial charge in [-0.1, -0.05) is 0 Å². The number of hydrogen-bond donors (Lipinski definition) is 1. The number of anilines is 1. The largest absolute Gasteiger partial charge is 0.508 e. The molecule has 1 fully saturated rings. The summed E-state index contributed by atoms with van der Waals surface area (Å²) in [7, 11) is 0. The lowest BCUT2D eigenvalue weighted by molar-refractivity contribution is 0.112. The molecule has 0 amide bonds. The van der Waals surface area contributed by atoms with E-state index in [0.717, 1.165) is 43.5 Å². The Balaban J connectivity index is 1.56. The van der Waals surface area contributed by atoms with Gasteiger partial charge in [0.15, 0.2) is 6.29 Å². The molecule has 0 radical (unpaired) electrons. The first-order chi connectivity index (χ1) is 11.7. The summed E-state index contributed by atoms with van der Waals surface area (Å²) in [5, 5.41) is 9.68. The summed E-state index contributed by atoms with van der Waals surface area (Å²) < 4.78 is 5.81. The molecule has 1 aliphatic rings. The highest BCUT2D eigenvalue weighted by Crippen LogP contribution is 2.29. The normalized spacial score (nSPS) is 15.3. The van der Waals surface area contributed by atoms with Crippen LogP contribution < -0.4 is 9.64 Å². The monoisotopic (exact) mass is 326 g/mol. The number of nitrogens with zero attached hydrogens (tertiary/aromatic N) is 2. The highest BCUT2D eigenvalue weighted by molar-refractivity contribution is 5.85. The Morgan fingerprint density at radius 3 is 2.79 bits per heavy atom. The molecular weight excluding hydrogens is 304 g/mol. The summed E-state index contributed by atoms with van der Waals surface area (Å²) >= 11 is 0. The number of benzene rings is 1. The van der Waals surface area contributed by atoms with Crippen molar-refractivity contribution in [1.82, 2.24) is 4.98 Å². The van der Waals surface area contributed by atoms with Crippen molar-refractivity contribution >= 4 is 12.0 Å². The SMILES string of the molecule is Cc1ccnc(OCC2CCN(c3cc(O)ccc3C=O)CC2)c1. The number of pyridine rings is 1. The first-order valence-corrected chi connectivity index (χ1v) is 8.24. The van der Waals surface area contributed by atoms with Gasteiger partial charge < -0.3 is 14.7 Å². The standard InChI is InChI=1S/C19H22N2O3/c1-14-4-7-20-19(10-14)24-13-15-5-8-21(9-6-15)18-11-17(23)3-2-16(18)12-22/h2-4,7,10-12,15,23H,5-6,8-9,13H2,1H3. The highest BCUT2D eigenvalue weighted by Gasteiger charge is 2.22. The maximum atomic E-state index is 11.2. The molecule has 1 N–H and O–H groups in total. The minimum atomic E-state index is 0.187. The molecule has 1 saturated heterocycles. The molecule has 0 unspecified atom stereocenters. The molecule has 1 aromatic carbocycles. The van der Waals surface area contributed by atoms with E-state index in [1.807, 2.05) is 19.1 Å². The van der Waals surface area contributed by atoms with Crippen LogP contribution in [-0.2, 0) is 0 Å². The molecule has 0 saturated carbocycles. The van der Waals surface area contributed by atoms with E-state index in [2.05, 4.69) is 9.88 Å². The Labute approximate surface area is 141 Å².